The third-order valence-electron chi connectivity index (χ3n) is 4.99. The molecule has 1 amide bonds. The van der Waals surface area contributed by atoms with Crippen LogP contribution in [0, 0.1) is 0 Å². The topological polar surface area (TPSA) is 51.9 Å². The number of hydrogen-bond donors (Lipinski definition) is 1. The number of benzene rings is 1. The molecular weight excluding hydrogens is 300 g/mol. The molecule has 1 aromatic carbocycles. The smallest absolute Gasteiger partial charge is 0.222 e. The summed E-state index contributed by atoms with van der Waals surface area (Å²) in [6, 6.07) is 10.9. The van der Waals surface area contributed by atoms with Crippen molar-refractivity contribution in [2.75, 3.05) is 0 Å². The van der Waals surface area contributed by atoms with Crippen LogP contribution in [0.5, 0.6) is 0 Å². The first kappa shape index (κ1) is 15.0. The van der Waals surface area contributed by atoms with E-state index in [0.717, 1.165) is 19.3 Å². The normalized spacial score (nSPS) is 20.5. The fourth-order valence-electron chi connectivity index (χ4n) is 3.77. The van der Waals surface area contributed by atoms with Crippen LogP contribution in [0.4, 0.5) is 0 Å². The minimum Gasteiger partial charge on any atom is -0.351 e. The monoisotopic (exact) mass is 322 g/mol. The molecule has 1 saturated carbocycles. The summed E-state index contributed by atoms with van der Waals surface area (Å²) < 4.78 is 4.27. The van der Waals surface area contributed by atoms with Crippen LogP contribution in [-0.4, -0.2) is 26.1 Å². The van der Waals surface area contributed by atoms with Crippen molar-refractivity contribution in [3.63, 3.8) is 0 Å². The van der Waals surface area contributed by atoms with E-state index in [2.05, 4.69) is 43.8 Å². The molecule has 2 atom stereocenters. The van der Waals surface area contributed by atoms with Crippen molar-refractivity contribution >= 4 is 16.8 Å². The van der Waals surface area contributed by atoms with E-state index in [4.69, 9.17) is 0 Å². The highest BCUT2D eigenvalue weighted by molar-refractivity contribution is 5.80. The van der Waals surface area contributed by atoms with Crippen molar-refractivity contribution in [3.05, 3.63) is 55.2 Å². The number of nitrogens with zero attached hydrogens (tertiary/aromatic N) is 3. The summed E-state index contributed by atoms with van der Waals surface area (Å²) in [6.45, 7) is 0.710. The molecule has 1 N–H and O–H groups in total. The zero-order valence-electron chi connectivity index (χ0n) is 13.6. The van der Waals surface area contributed by atoms with E-state index in [1.807, 2.05) is 24.7 Å². The first-order valence-corrected chi connectivity index (χ1v) is 8.62. The van der Waals surface area contributed by atoms with E-state index in [1.54, 1.807) is 6.20 Å². The second kappa shape index (κ2) is 6.51. The highest BCUT2D eigenvalue weighted by Crippen LogP contribution is 2.30. The molecule has 1 aliphatic carbocycles. The molecule has 1 aliphatic rings. The number of imidazole rings is 1. The summed E-state index contributed by atoms with van der Waals surface area (Å²) in [4.78, 5) is 16.5. The fraction of sp³-hybridized carbons (Fsp3) is 0.368. The van der Waals surface area contributed by atoms with E-state index in [-0.39, 0.29) is 11.9 Å². The van der Waals surface area contributed by atoms with Crippen molar-refractivity contribution in [1.82, 2.24) is 19.4 Å². The van der Waals surface area contributed by atoms with E-state index < -0.39 is 0 Å². The molecule has 0 unspecified atom stereocenters. The lowest BCUT2D eigenvalue weighted by Gasteiger charge is -2.22. The number of hydrogen-bond acceptors (Lipinski definition) is 2. The molecule has 0 saturated heterocycles. The highest BCUT2D eigenvalue weighted by Gasteiger charge is 2.29. The van der Waals surface area contributed by atoms with Crippen LogP contribution < -0.4 is 5.32 Å². The van der Waals surface area contributed by atoms with Crippen LogP contribution in [-0.2, 0) is 11.3 Å². The molecule has 24 heavy (non-hydrogen) atoms. The summed E-state index contributed by atoms with van der Waals surface area (Å²) in [5, 5.41) is 4.44. The van der Waals surface area contributed by atoms with Crippen molar-refractivity contribution < 1.29 is 4.79 Å². The molecule has 124 valence electrons. The molecule has 5 nitrogen and oxygen atoms in total. The van der Waals surface area contributed by atoms with Crippen LogP contribution in [0.15, 0.2) is 55.2 Å². The van der Waals surface area contributed by atoms with Gasteiger partial charge in [-0.2, -0.15) is 0 Å². The number of nitrogens with one attached hydrogen (secondary N) is 1. The molecule has 0 aliphatic heterocycles. The summed E-state index contributed by atoms with van der Waals surface area (Å²) in [5.41, 5.74) is 1.18. The average Bonchev–Trinajstić information content (AvgIpc) is 3.33. The number of carbonyl (C=O) groups excluding carboxylic acids is 1. The van der Waals surface area contributed by atoms with Gasteiger partial charge in [0.2, 0.25) is 5.91 Å². The Morgan fingerprint density at radius 1 is 1.21 bits per heavy atom. The van der Waals surface area contributed by atoms with Gasteiger partial charge in [0.25, 0.3) is 0 Å². The zero-order valence-corrected chi connectivity index (χ0v) is 13.6. The predicted molar refractivity (Wildman–Crippen MR) is 93.6 cm³/mol. The minimum atomic E-state index is 0.129. The lowest BCUT2D eigenvalue weighted by molar-refractivity contribution is -0.122. The number of amides is 1. The number of aromatic nitrogens is 3. The average molecular weight is 322 g/mol. The molecule has 0 spiro atoms. The van der Waals surface area contributed by atoms with Gasteiger partial charge in [0, 0.05) is 43.1 Å². The van der Waals surface area contributed by atoms with Gasteiger partial charge in [-0.05, 0) is 36.8 Å². The number of carbonyl (C=O) groups is 1. The summed E-state index contributed by atoms with van der Waals surface area (Å²) in [5.74, 6) is 0.129. The molecule has 5 heteroatoms. The number of aryl methyl sites for hydroxylation is 1. The lowest BCUT2D eigenvalue weighted by atomic mass is 10.1. The maximum atomic E-state index is 12.4. The number of fused-ring (bicyclic) bond motifs is 1. The van der Waals surface area contributed by atoms with Crippen LogP contribution >= 0.6 is 0 Å². The SMILES string of the molecule is O=C(CCn1ccc2ccccc21)N[C@H]1CCC[C@@H]1n1ccnc1. The molecule has 1 fully saturated rings. The molecule has 2 heterocycles. The van der Waals surface area contributed by atoms with Crippen LogP contribution in [0.25, 0.3) is 10.9 Å². The first-order chi connectivity index (χ1) is 11.8. The summed E-state index contributed by atoms with van der Waals surface area (Å²) >= 11 is 0. The Hall–Kier alpha value is -2.56. The van der Waals surface area contributed by atoms with Gasteiger partial charge in [0.1, 0.15) is 0 Å². The standard InChI is InChI=1S/C19H22N4O/c24-19(9-12-22-11-8-15-4-1-2-6-17(15)22)21-16-5-3-7-18(16)23-13-10-20-14-23/h1-2,4,6,8,10-11,13-14,16,18H,3,5,7,9,12H2,(H,21,24)/t16-,18-/m0/s1. The van der Waals surface area contributed by atoms with Crippen LogP contribution in [0.1, 0.15) is 31.7 Å². The van der Waals surface area contributed by atoms with E-state index >= 15 is 0 Å². The Morgan fingerprint density at radius 2 is 2.12 bits per heavy atom. The second-order valence-corrected chi connectivity index (χ2v) is 6.50. The summed E-state index contributed by atoms with van der Waals surface area (Å²) in [7, 11) is 0. The lowest BCUT2D eigenvalue weighted by Crippen LogP contribution is -2.38. The van der Waals surface area contributed by atoms with Gasteiger partial charge in [-0.1, -0.05) is 18.2 Å². The van der Waals surface area contributed by atoms with E-state index in [0.29, 0.717) is 19.0 Å². The Kier molecular flexibility index (Phi) is 4.07. The third-order valence-corrected chi connectivity index (χ3v) is 4.99. The third kappa shape index (κ3) is 2.94. The quantitative estimate of drug-likeness (QED) is 0.784. The van der Waals surface area contributed by atoms with E-state index in [9.17, 15) is 4.79 Å². The molecule has 3 aromatic rings. The van der Waals surface area contributed by atoms with Gasteiger partial charge in [0.15, 0.2) is 0 Å². The van der Waals surface area contributed by atoms with Crippen molar-refractivity contribution in [2.24, 2.45) is 0 Å². The van der Waals surface area contributed by atoms with Crippen molar-refractivity contribution in [2.45, 2.75) is 44.3 Å². The highest BCUT2D eigenvalue weighted by atomic mass is 16.1. The largest absolute Gasteiger partial charge is 0.351 e. The Morgan fingerprint density at radius 3 is 3.00 bits per heavy atom. The molecular formula is C19H22N4O. The number of para-hydroxylation sites is 1. The van der Waals surface area contributed by atoms with Gasteiger partial charge >= 0.3 is 0 Å². The Balaban J connectivity index is 1.36. The maximum Gasteiger partial charge on any atom is 0.222 e. The van der Waals surface area contributed by atoms with Gasteiger partial charge in [-0.15, -0.1) is 0 Å². The molecule has 2 aromatic heterocycles. The van der Waals surface area contributed by atoms with Gasteiger partial charge in [0.05, 0.1) is 12.4 Å². The zero-order chi connectivity index (χ0) is 16.4. The van der Waals surface area contributed by atoms with E-state index in [1.165, 1.54) is 10.9 Å². The van der Waals surface area contributed by atoms with Gasteiger partial charge in [-0.3, -0.25) is 4.79 Å². The Labute approximate surface area is 141 Å². The molecule has 0 bridgehead atoms. The van der Waals surface area contributed by atoms with Gasteiger partial charge in [-0.25, -0.2) is 4.98 Å². The predicted octanol–water partition coefficient (Wildman–Crippen LogP) is 3.14. The maximum absolute atomic E-state index is 12.4. The minimum absolute atomic E-state index is 0.129. The van der Waals surface area contributed by atoms with Gasteiger partial charge < -0.3 is 14.5 Å². The van der Waals surface area contributed by atoms with Crippen molar-refractivity contribution in [3.8, 4) is 0 Å². The van der Waals surface area contributed by atoms with Crippen LogP contribution in [0.2, 0.25) is 0 Å². The summed E-state index contributed by atoms with van der Waals surface area (Å²) in [6.07, 6.45) is 11.5. The number of rotatable bonds is 5. The molecule has 4 rings (SSSR count). The Bertz CT molecular complexity index is 821. The van der Waals surface area contributed by atoms with Crippen LogP contribution in [0.3, 0.4) is 0 Å². The fourth-order valence-corrected chi connectivity index (χ4v) is 3.77. The molecule has 0 radical (unpaired) electrons. The second-order valence-electron chi connectivity index (χ2n) is 6.50. The first-order valence-electron chi connectivity index (χ1n) is 8.62. The van der Waals surface area contributed by atoms with Crippen molar-refractivity contribution in [1.29, 1.82) is 0 Å².